The van der Waals surface area contributed by atoms with E-state index >= 15 is 0 Å². The molecule has 1 atom stereocenters. The zero-order valence-corrected chi connectivity index (χ0v) is 9.28. The Kier molecular flexibility index (Phi) is 3.48. The summed E-state index contributed by atoms with van der Waals surface area (Å²) in [7, 11) is 1.54. The summed E-state index contributed by atoms with van der Waals surface area (Å²) in [5.41, 5.74) is -0.826. The molecule has 1 unspecified atom stereocenters. The maximum atomic E-state index is 11.9. The molecule has 0 saturated heterocycles. The van der Waals surface area contributed by atoms with E-state index in [1.165, 1.54) is 6.92 Å². The van der Waals surface area contributed by atoms with Gasteiger partial charge in [0.1, 0.15) is 11.4 Å². The Morgan fingerprint density at radius 3 is 2.73 bits per heavy atom. The van der Waals surface area contributed by atoms with Gasteiger partial charge in [-0.1, -0.05) is 19.1 Å². The van der Waals surface area contributed by atoms with Crippen LogP contribution < -0.4 is 4.74 Å². The third-order valence-electron chi connectivity index (χ3n) is 2.51. The van der Waals surface area contributed by atoms with E-state index in [9.17, 15) is 9.90 Å². The molecule has 0 saturated carbocycles. The highest BCUT2D eigenvalue weighted by Gasteiger charge is 2.28. The van der Waals surface area contributed by atoms with Crippen molar-refractivity contribution in [3.8, 4) is 5.75 Å². The summed E-state index contributed by atoms with van der Waals surface area (Å²) in [6, 6.07) is 6.80. The lowest BCUT2D eigenvalue weighted by molar-refractivity contribution is 0.0390. The van der Waals surface area contributed by atoms with Gasteiger partial charge in [0.05, 0.1) is 7.11 Å². The molecule has 1 aromatic rings. The highest BCUT2D eigenvalue weighted by molar-refractivity contribution is 6.02. The molecule has 0 amide bonds. The molecule has 0 aromatic heterocycles. The molecule has 0 bridgehead atoms. The number of carbonyl (C=O) groups is 1. The largest absolute Gasteiger partial charge is 0.497 e. The van der Waals surface area contributed by atoms with Gasteiger partial charge in [-0.2, -0.15) is 0 Å². The number of benzene rings is 1. The van der Waals surface area contributed by atoms with Crippen molar-refractivity contribution >= 4 is 5.78 Å². The zero-order valence-electron chi connectivity index (χ0n) is 9.28. The third-order valence-corrected chi connectivity index (χ3v) is 2.51. The minimum Gasteiger partial charge on any atom is -0.497 e. The van der Waals surface area contributed by atoms with E-state index in [2.05, 4.69) is 0 Å². The smallest absolute Gasteiger partial charge is 0.194 e. The second-order valence-corrected chi connectivity index (χ2v) is 3.69. The highest BCUT2D eigenvalue weighted by atomic mass is 16.5. The van der Waals surface area contributed by atoms with Crippen molar-refractivity contribution in [2.24, 2.45) is 0 Å². The van der Waals surface area contributed by atoms with Gasteiger partial charge < -0.3 is 9.84 Å². The molecular weight excluding hydrogens is 192 g/mol. The number of rotatable bonds is 4. The number of hydrogen-bond acceptors (Lipinski definition) is 3. The molecule has 1 N–H and O–H groups in total. The number of Topliss-reactive ketones (excluding diaryl/α,β-unsaturated/α-hetero) is 1. The second kappa shape index (κ2) is 4.45. The molecule has 0 fully saturated rings. The van der Waals surface area contributed by atoms with Gasteiger partial charge in [0.15, 0.2) is 5.78 Å². The number of hydrogen-bond donors (Lipinski definition) is 1. The number of ketones is 1. The van der Waals surface area contributed by atoms with Gasteiger partial charge in [-0.15, -0.1) is 0 Å². The highest BCUT2D eigenvalue weighted by Crippen LogP contribution is 2.20. The van der Waals surface area contributed by atoms with Crippen molar-refractivity contribution in [2.75, 3.05) is 7.11 Å². The molecule has 1 aromatic carbocycles. The number of methoxy groups -OCH3 is 1. The summed E-state index contributed by atoms with van der Waals surface area (Å²) in [4.78, 5) is 11.9. The predicted octanol–water partition coefficient (Wildman–Crippen LogP) is 2.04. The lowest BCUT2D eigenvalue weighted by atomic mass is 9.92. The molecule has 3 heteroatoms. The van der Waals surface area contributed by atoms with Gasteiger partial charge in [-0.25, -0.2) is 0 Å². The van der Waals surface area contributed by atoms with Crippen LogP contribution in [0, 0.1) is 0 Å². The van der Waals surface area contributed by atoms with Gasteiger partial charge in [0, 0.05) is 5.56 Å². The first-order chi connectivity index (χ1) is 7.01. The summed E-state index contributed by atoms with van der Waals surface area (Å²) >= 11 is 0. The number of carbonyl (C=O) groups excluding carboxylic acids is 1. The van der Waals surface area contributed by atoms with Crippen molar-refractivity contribution in [1.29, 1.82) is 0 Å². The van der Waals surface area contributed by atoms with Gasteiger partial charge in [-0.3, -0.25) is 4.79 Å². The maximum absolute atomic E-state index is 11.9. The quantitative estimate of drug-likeness (QED) is 0.770. The van der Waals surface area contributed by atoms with E-state index in [-0.39, 0.29) is 5.78 Å². The third kappa shape index (κ3) is 2.57. The standard InChI is InChI=1S/C12H16O3/c1-4-12(2,14)11(13)9-6-5-7-10(8-9)15-3/h5-8,14H,4H2,1-3H3. The molecule has 0 radical (unpaired) electrons. The molecule has 0 spiro atoms. The Hall–Kier alpha value is -1.35. The van der Waals surface area contributed by atoms with Crippen LogP contribution in [0.15, 0.2) is 24.3 Å². The van der Waals surface area contributed by atoms with Gasteiger partial charge >= 0.3 is 0 Å². The van der Waals surface area contributed by atoms with Crippen molar-refractivity contribution in [1.82, 2.24) is 0 Å². The molecule has 3 nitrogen and oxygen atoms in total. The molecule has 0 aliphatic carbocycles. The molecule has 0 aliphatic heterocycles. The Bertz CT molecular complexity index is 356. The fourth-order valence-corrected chi connectivity index (χ4v) is 1.24. The van der Waals surface area contributed by atoms with Gasteiger partial charge in [-0.05, 0) is 25.5 Å². The van der Waals surface area contributed by atoms with Crippen LogP contribution in [0.1, 0.15) is 30.6 Å². The van der Waals surface area contributed by atoms with E-state index in [4.69, 9.17) is 4.74 Å². The molecule has 1 rings (SSSR count). The van der Waals surface area contributed by atoms with Crippen LogP contribution in [0.25, 0.3) is 0 Å². The van der Waals surface area contributed by atoms with E-state index < -0.39 is 5.60 Å². The van der Waals surface area contributed by atoms with Crippen LogP contribution in [0.2, 0.25) is 0 Å². The second-order valence-electron chi connectivity index (χ2n) is 3.69. The van der Waals surface area contributed by atoms with E-state index in [1.807, 2.05) is 0 Å². The molecule has 0 aliphatic rings. The minimum atomic E-state index is -1.30. The average Bonchev–Trinajstić information content (AvgIpc) is 2.28. The minimum absolute atomic E-state index is 0.274. The van der Waals surface area contributed by atoms with Crippen LogP contribution >= 0.6 is 0 Å². The lowest BCUT2D eigenvalue weighted by Gasteiger charge is -2.19. The van der Waals surface area contributed by atoms with Crippen LogP contribution in [0.4, 0.5) is 0 Å². The first-order valence-electron chi connectivity index (χ1n) is 4.92. The molecule has 0 heterocycles. The summed E-state index contributed by atoms with van der Waals surface area (Å²) in [5.74, 6) is 0.344. The van der Waals surface area contributed by atoms with Crippen molar-refractivity contribution in [3.63, 3.8) is 0 Å². The summed E-state index contributed by atoms with van der Waals surface area (Å²) in [6.45, 7) is 3.30. The Morgan fingerprint density at radius 1 is 1.53 bits per heavy atom. The first-order valence-corrected chi connectivity index (χ1v) is 4.92. The van der Waals surface area contributed by atoms with Crippen LogP contribution in [-0.4, -0.2) is 23.6 Å². The predicted molar refractivity (Wildman–Crippen MR) is 58.2 cm³/mol. The Balaban J connectivity index is 3.01. The van der Waals surface area contributed by atoms with Gasteiger partial charge in [0.2, 0.25) is 0 Å². The van der Waals surface area contributed by atoms with Crippen LogP contribution in [0.5, 0.6) is 5.75 Å². The summed E-state index contributed by atoms with van der Waals surface area (Å²) in [6.07, 6.45) is 0.392. The first kappa shape index (κ1) is 11.7. The normalized spacial score (nSPS) is 14.4. The topological polar surface area (TPSA) is 46.5 Å². The monoisotopic (exact) mass is 208 g/mol. The fraction of sp³-hybridized carbons (Fsp3) is 0.417. The SMILES string of the molecule is CCC(C)(O)C(=O)c1cccc(OC)c1. The number of aliphatic hydroxyl groups is 1. The number of ether oxygens (including phenoxy) is 1. The Morgan fingerprint density at radius 2 is 2.20 bits per heavy atom. The van der Waals surface area contributed by atoms with Crippen molar-refractivity contribution in [2.45, 2.75) is 25.9 Å². The van der Waals surface area contributed by atoms with E-state index in [0.717, 1.165) is 0 Å². The van der Waals surface area contributed by atoms with Crippen molar-refractivity contribution in [3.05, 3.63) is 29.8 Å². The maximum Gasteiger partial charge on any atom is 0.194 e. The summed E-state index contributed by atoms with van der Waals surface area (Å²) < 4.78 is 5.02. The van der Waals surface area contributed by atoms with Crippen LogP contribution in [-0.2, 0) is 0 Å². The van der Waals surface area contributed by atoms with E-state index in [1.54, 1.807) is 38.3 Å². The summed E-state index contributed by atoms with van der Waals surface area (Å²) in [5, 5.41) is 9.82. The average molecular weight is 208 g/mol. The molecule has 15 heavy (non-hydrogen) atoms. The van der Waals surface area contributed by atoms with Crippen molar-refractivity contribution < 1.29 is 14.6 Å². The van der Waals surface area contributed by atoms with E-state index in [0.29, 0.717) is 17.7 Å². The Labute approximate surface area is 89.7 Å². The molecule has 82 valence electrons. The lowest BCUT2D eigenvalue weighted by Crippen LogP contribution is -2.34. The fourth-order valence-electron chi connectivity index (χ4n) is 1.24. The van der Waals surface area contributed by atoms with Crippen LogP contribution in [0.3, 0.4) is 0 Å². The van der Waals surface area contributed by atoms with Gasteiger partial charge in [0.25, 0.3) is 0 Å². The molecular formula is C12H16O3. The zero-order chi connectivity index (χ0) is 11.5.